The van der Waals surface area contributed by atoms with E-state index in [1.165, 1.54) is 32.4 Å². The molecule has 2 aromatic carbocycles. The third kappa shape index (κ3) is 4.41. The number of carbonyl (C=O) groups is 1. The summed E-state index contributed by atoms with van der Waals surface area (Å²) >= 11 is 0. The first-order valence-corrected chi connectivity index (χ1v) is 7.60. The quantitative estimate of drug-likeness (QED) is 0.425. The fraction of sp³-hybridized carbons (Fsp3) is 0.222. The van der Waals surface area contributed by atoms with Crippen LogP contribution in [0.4, 0.5) is 0 Å². The van der Waals surface area contributed by atoms with Crippen molar-refractivity contribution in [3.63, 3.8) is 0 Å². The smallest absolute Gasteiger partial charge is 0.271 e. The van der Waals surface area contributed by atoms with Gasteiger partial charge in [0.1, 0.15) is 23.0 Å². The number of rotatable bonds is 6. The van der Waals surface area contributed by atoms with Crippen LogP contribution in [0.15, 0.2) is 41.5 Å². The van der Waals surface area contributed by atoms with E-state index in [4.69, 9.17) is 9.47 Å². The Labute approximate surface area is 145 Å². The number of ether oxygens (including phenoxy) is 2. The van der Waals surface area contributed by atoms with Crippen LogP contribution in [-0.4, -0.2) is 36.1 Å². The lowest BCUT2D eigenvalue weighted by molar-refractivity contribution is 0.0954. The minimum atomic E-state index is -0.456. The minimum Gasteiger partial charge on any atom is -0.508 e. The van der Waals surface area contributed by atoms with Crippen molar-refractivity contribution in [2.24, 2.45) is 5.10 Å². The molecule has 7 nitrogen and oxygen atoms in total. The molecule has 0 saturated carbocycles. The Hall–Kier alpha value is -3.22. The number of nitrogens with one attached hydrogen (secondary N) is 1. The summed E-state index contributed by atoms with van der Waals surface area (Å²) in [6, 6.07) is 8.90. The molecule has 0 heterocycles. The lowest BCUT2D eigenvalue weighted by atomic mass is 10.1. The van der Waals surface area contributed by atoms with Crippen molar-refractivity contribution >= 4 is 11.6 Å². The van der Waals surface area contributed by atoms with Crippen LogP contribution in [0.3, 0.4) is 0 Å². The van der Waals surface area contributed by atoms with Crippen LogP contribution in [0.5, 0.6) is 23.0 Å². The van der Waals surface area contributed by atoms with Crippen molar-refractivity contribution in [3.8, 4) is 23.0 Å². The third-order valence-corrected chi connectivity index (χ3v) is 3.53. The molecule has 0 unspecified atom stereocenters. The molecular formula is C18H20N2O5. The molecule has 0 radical (unpaired) electrons. The first kappa shape index (κ1) is 18.1. The monoisotopic (exact) mass is 344 g/mol. The van der Waals surface area contributed by atoms with Crippen molar-refractivity contribution < 1.29 is 24.5 Å². The number of hydrogen-bond donors (Lipinski definition) is 3. The molecule has 0 fully saturated rings. The highest BCUT2D eigenvalue weighted by Gasteiger charge is 2.12. The zero-order valence-corrected chi connectivity index (χ0v) is 14.2. The Morgan fingerprint density at radius 1 is 1.08 bits per heavy atom. The third-order valence-electron chi connectivity index (χ3n) is 3.53. The maximum absolute atomic E-state index is 12.3. The van der Waals surface area contributed by atoms with Gasteiger partial charge in [0.15, 0.2) is 0 Å². The van der Waals surface area contributed by atoms with Crippen molar-refractivity contribution in [2.75, 3.05) is 14.2 Å². The van der Waals surface area contributed by atoms with Gasteiger partial charge in [-0.05, 0) is 36.8 Å². The molecule has 25 heavy (non-hydrogen) atoms. The van der Waals surface area contributed by atoms with Crippen LogP contribution >= 0.6 is 0 Å². The first-order chi connectivity index (χ1) is 12.0. The molecule has 2 rings (SSSR count). The first-order valence-electron chi connectivity index (χ1n) is 7.60. The van der Waals surface area contributed by atoms with Crippen LogP contribution < -0.4 is 14.9 Å². The van der Waals surface area contributed by atoms with E-state index in [1.54, 1.807) is 18.2 Å². The average molecular weight is 344 g/mol. The van der Waals surface area contributed by atoms with Gasteiger partial charge >= 0.3 is 0 Å². The summed E-state index contributed by atoms with van der Waals surface area (Å²) in [4.78, 5) is 12.3. The van der Waals surface area contributed by atoms with E-state index in [2.05, 4.69) is 10.5 Å². The standard InChI is InChI=1S/C18H20N2O5/c1-4-16(15-9-12(21)5-6-17(15)22)19-20-18(23)11-7-13(24-2)10-14(8-11)25-3/h5-10,21-22H,4H2,1-3H3,(H,20,23)/b19-16+. The van der Waals surface area contributed by atoms with Gasteiger partial charge in [-0.3, -0.25) is 4.79 Å². The molecule has 3 N–H and O–H groups in total. The second kappa shape index (κ2) is 8.05. The summed E-state index contributed by atoms with van der Waals surface area (Å²) < 4.78 is 10.3. The Bertz CT molecular complexity index is 780. The fourth-order valence-electron chi connectivity index (χ4n) is 2.21. The maximum Gasteiger partial charge on any atom is 0.271 e. The number of benzene rings is 2. The number of hydrogen-bond acceptors (Lipinski definition) is 6. The van der Waals surface area contributed by atoms with Crippen molar-refractivity contribution in [2.45, 2.75) is 13.3 Å². The van der Waals surface area contributed by atoms with Gasteiger partial charge in [0.25, 0.3) is 5.91 Å². The molecule has 0 atom stereocenters. The van der Waals surface area contributed by atoms with Gasteiger partial charge in [-0.1, -0.05) is 6.92 Å². The van der Waals surface area contributed by atoms with E-state index < -0.39 is 5.91 Å². The van der Waals surface area contributed by atoms with Crippen LogP contribution in [0.1, 0.15) is 29.3 Å². The Kier molecular flexibility index (Phi) is 5.84. The summed E-state index contributed by atoms with van der Waals surface area (Å²) in [5.41, 5.74) is 3.54. The number of phenols is 2. The summed E-state index contributed by atoms with van der Waals surface area (Å²) in [5, 5.41) is 23.6. The molecule has 7 heteroatoms. The highest BCUT2D eigenvalue weighted by atomic mass is 16.5. The predicted molar refractivity (Wildman–Crippen MR) is 93.6 cm³/mol. The Balaban J connectivity index is 2.27. The van der Waals surface area contributed by atoms with Crippen LogP contribution in [0.25, 0.3) is 0 Å². The number of amides is 1. The predicted octanol–water partition coefficient (Wildman–Crippen LogP) is 2.66. The Morgan fingerprint density at radius 3 is 2.28 bits per heavy atom. The van der Waals surface area contributed by atoms with Crippen LogP contribution in [-0.2, 0) is 0 Å². The van der Waals surface area contributed by atoms with Gasteiger partial charge in [0.2, 0.25) is 0 Å². The minimum absolute atomic E-state index is 0.00203. The molecule has 0 aromatic heterocycles. The Morgan fingerprint density at radius 2 is 1.72 bits per heavy atom. The number of nitrogens with zero attached hydrogens (tertiary/aromatic N) is 1. The number of carbonyl (C=O) groups excluding carboxylic acids is 1. The van der Waals surface area contributed by atoms with E-state index in [1.807, 2.05) is 6.92 Å². The number of aromatic hydroxyl groups is 2. The lowest BCUT2D eigenvalue weighted by Gasteiger charge is -2.09. The van der Waals surface area contributed by atoms with Gasteiger partial charge in [-0.2, -0.15) is 5.10 Å². The molecule has 0 saturated heterocycles. The summed E-state index contributed by atoms with van der Waals surface area (Å²) in [6.45, 7) is 1.82. The largest absolute Gasteiger partial charge is 0.508 e. The second-order valence-corrected chi connectivity index (χ2v) is 5.16. The van der Waals surface area contributed by atoms with E-state index >= 15 is 0 Å². The van der Waals surface area contributed by atoms with Gasteiger partial charge in [0.05, 0.1) is 19.9 Å². The SMILES string of the molecule is CC/C(=N\NC(=O)c1cc(OC)cc(OC)c1)c1cc(O)ccc1O. The molecule has 0 spiro atoms. The van der Waals surface area contributed by atoms with Gasteiger partial charge in [-0.15, -0.1) is 0 Å². The molecule has 2 aromatic rings. The molecule has 0 bridgehead atoms. The molecule has 0 aliphatic rings. The number of phenolic OH excluding ortho intramolecular Hbond substituents is 2. The van der Waals surface area contributed by atoms with E-state index in [0.717, 1.165) is 0 Å². The molecule has 0 aliphatic carbocycles. The average Bonchev–Trinajstić information content (AvgIpc) is 2.64. The van der Waals surface area contributed by atoms with E-state index in [0.29, 0.717) is 34.8 Å². The highest BCUT2D eigenvalue weighted by Crippen LogP contribution is 2.24. The van der Waals surface area contributed by atoms with Crippen LogP contribution in [0.2, 0.25) is 0 Å². The molecule has 0 aliphatic heterocycles. The zero-order valence-electron chi connectivity index (χ0n) is 14.2. The maximum atomic E-state index is 12.3. The van der Waals surface area contributed by atoms with E-state index in [9.17, 15) is 15.0 Å². The number of hydrazone groups is 1. The molecule has 1 amide bonds. The highest BCUT2D eigenvalue weighted by molar-refractivity contribution is 6.04. The van der Waals surface area contributed by atoms with Crippen molar-refractivity contribution in [3.05, 3.63) is 47.5 Å². The summed E-state index contributed by atoms with van der Waals surface area (Å²) in [6.07, 6.45) is 0.443. The van der Waals surface area contributed by atoms with Gasteiger partial charge < -0.3 is 19.7 Å². The fourth-order valence-corrected chi connectivity index (χ4v) is 2.21. The lowest BCUT2D eigenvalue weighted by Crippen LogP contribution is -2.20. The second-order valence-electron chi connectivity index (χ2n) is 5.16. The van der Waals surface area contributed by atoms with Gasteiger partial charge in [-0.25, -0.2) is 5.43 Å². The summed E-state index contributed by atoms with van der Waals surface area (Å²) in [7, 11) is 2.99. The van der Waals surface area contributed by atoms with Gasteiger partial charge in [0, 0.05) is 17.2 Å². The van der Waals surface area contributed by atoms with Crippen molar-refractivity contribution in [1.82, 2.24) is 5.43 Å². The van der Waals surface area contributed by atoms with E-state index in [-0.39, 0.29) is 11.5 Å². The summed E-state index contributed by atoms with van der Waals surface area (Å²) in [5.74, 6) is 0.473. The van der Waals surface area contributed by atoms with Crippen LogP contribution in [0, 0.1) is 0 Å². The molecule has 132 valence electrons. The zero-order chi connectivity index (χ0) is 18.4. The molecular weight excluding hydrogens is 324 g/mol. The normalized spacial score (nSPS) is 11.1. The topological polar surface area (TPSA) is 100 Å². The van der Waals surface area contributed by atoms with Crippen molar-refractivity contribution in [1.29, 1.82) is 0 Å². The number of methoxy groups -OCH3 is 2.